The molecule has 54 heavy (non-hydrogen) atoms. The number of fused-ring (bicyclic) bond motifs is 3. The number of carboxylic acids is 2. The van der Waals surface area contributed by atoms with Gasteiger partial charge in [-0.05, 0) is 82.6 Å². The SMILES string of the molecule is O=C(O)CCN1C(=O)/C(=C2/S/C(=C/c3ccc4c(c3)C3CCCC3N4c3ccc(C=C(c4ccccc4)c4ccccc4)cc3)CN2CC(=O)O)SC1=S. The largest absolute Gasteiger partial charge is 0.481 e. The van der Waals surface area contributed by atoms with Gasteiger partial charge < -0.3 is 20.0 Å². The molecule has 2 N–H and O–H groups in total. The molecule has 11 heteroatoms. The molecule has 3 fully saturated rings. The van der Waals surface area contributed by atoms with Crippen LogP contribution in [0.3, 0.4) is 0 Å². The summed E-state index contributed by atoms with van der Waals surface area (Å²) in [7, 11) is 0. The van der Waals surface area contributed by atoms with E-state index in [2.05, 4.69) is 108 Å². The van der Waals surface area contributed by atoms with E-state index in [1.165, 1.54) is 56.7 Å². The van der Waals surface area contributed by atoms with Crippen LogP contribution in [0.4, 0.5) is 11.4 Å². The van der Waals surface area contributed by atoms with Crippen molar-refractivity contribution in [2.45, 2.75) is 37.6 Å². The highest BCUT2D eigenvalue weighted by Crippen LogP contribution is 2.53. The molecule has 3 aliphatic heterocycles. The summed E-state index contributed by atoms with van der Waals surface area (Å²) in [6, 6.07) is 36.9. The molecule has 4 aromatic carbocycles. The van der Waals surface area contributed by atoms with E-state index >= 15 is 0 Å². The molecule has 1 saturated carbocycles. The Bertz CT molecular complexity index is 2200. The average molecular weight is 772 g/mol. The maximum atomic E-state index is 13.3. The first-order valence-electron chi connectivity index (χ1n) is 17.9. The highest BCUT2D eigenvalue weighted by Gasteiger charge is 2.42. The molecular formula is C43H37N3O5S3. The fourth-order valence-corrected chi connectivity index (χ4v) is 10.6. The Kier molecular flexibility index (Phi) is 10.2. The summed E-state index contributed by atoms with van der Waals surface area (Å²) in [6.45, 7) is 0.0517. The van der Waals surface area contributed by atoms with Crippen molar-refractivity contribution in [2.75, 3.05) is 24.5 Å². The van der Waals surface area contributed by atoms with Crippen LogP contribution in [0.5, 0.6) is 0 Å². The predicted molar refractivity (Wildman–Crippen MR) is 221 cm³/mol. The lowest BCUT2D eigenvalue weighted by Crippen LogP contribution is -2.31. The molecule has 2 atom stereocenters. The number of nitrogens with zero attached hydrogens (tertiary/aromatic N) is 3. The van der Waals surface area contributed by atoms with Crippen LogP contribution in [0, 0.1) is 0 Å². The number of hydrogen-bond donors (Lipinski definition) is 2. The van der Waals surface area contributed by atoms with Crippen molar-refractivity contribution in [2.24, 2.45) is 0 Å². The first kappa shape index (κ1) is 35.9. The minimum absolute atomic E-state index is 0.0258. The zero-order chi connectivity index (χ0) is 37.3. The molecule has 1 aliphatic carbocycles. The van der Waals surface area contributed by atoms with E-state index in [-0.39, 0.29) is 29.7 Å². The number of rotatable bonds is 10. The van der Waals surface area contributed by atoms with Gasteiger partial charge in [0.25, 0.3) is 5.91 Å². The van der Waals surface area contributed by atoms with Gasteiger partial charge in [-0.15, -0.1) is 0 Å². The molecule has 0 bridgehead atoms. The maximum Gasteiger partial charge on any atom is 0.323 e. The number of anilines is 2. The topological polar surface area (TPSA) is 101 Å². The van der Waals surface area contributed by atoms with Gasteiger partial charge in [-0.1, -0.05) is 121 Å². The number of aliphatic carboxylic acids is 2. The van der Waals surface area contributed by atoms with Crippen molar-refractivity contribution in [3.05, 3.63) is 146 Å². The summed E-state index contributed by atoms with van der Waals surface area (Å²) in [4.78, 5) is 43.1. The minimum Gasteiger partial charge on any atom is -0.481 e. The van der Waals surface area contributed by atoms with Crippen LogP contribution >= 0.6 is 35.7 Å². The van der Waals surface area contributed by atoms with Gasteiger partial charge in [0.2, 0.25) is 0 Å². The third-order valence-corrected chi connectivity index (χ3v) is 13.0. The van der Waals surface area contributed by atoms with Gasteiger partial charge in [0, 0.05) is 34.8 Å². The quantitative estimate of drug-likeness (QED) is 0.0923. The van der Waals surface area contributed by atoms with Gasteiger partial charge in [-0.2, -0.15) is 0 Å². The summed E-state index contributed by atoms with van der Waals surface area (Å²) in [5.74, 6) is -1.98. The second-order valence-corrected chi connectivity index (χ2v) is 16.5. The summed E-state index contributed by atoms with van der Waals surface area (Å²) in [5, 5.41) is 19.4. The molecule has 2 saturated heterocycles. The second-order valence-electron chi connectivity index (χ2n) is 13.7. The van der Waals surface area contributed by atoms with E-state index in [0.717, 1.165) is 40.6 Å². The molecule has 4 aliphatic rings. The highest BCUT2D eigenvalue weighted by atomic mass is 32.2. The minimum atomic E-state index is -1.02. The average Bonchev–Trinajstić information content (AvgIpc) is 3.93. The van der Waals surface area contributed by atoms with Crippen molar-refractivity contribution >= 4 is 87.0 Å². The molecule has 272 valence electrons. The number of benzene rings is 4. The van der Waals surface area contributed by atoms with E-state index in [1.54, 1.807) is 4.90 Å². The van der Waals surface area contributed by atoms with Crippen LogP contribution in [0.15, 0.2) is 118 Å². The first-order chi connectivity index (χ1) is 26.2. The van der Waals surface area contributed by atoms with E-state index in [9.17, 15) is 19.5 Å². The van der Waals surface area contributed by atoms with Crippen LogP contribution in [-0.4, -0.2) is 67.9 Å². The molecule has 4 aromatic rings. The predicted octanol–water partition coefficient (Wildman–Crippen LogP) is 9.04. The number of carboxylic acid groups (broad SMARTS) is 2. The van der Waals surface area contributed by atoms with Crippen LogP contribution in [0.2, 0.25) is 0 Å². The lowest BCUT2D eigenvalue weighted by Gasteiger charge is -2.27. The number of amides is 1. The molecule has 8 nitrogen and oxygen atoms in total. The van der Waals surface area contributed by atoms with Gasteiger partial charge in [-0.3, -0.25) is 19.3 Å². The summed E-state index contributed by atoms with van der Waals surface area (Å²) in [6.07, 6.45) is 7.54. The number of thiocarbonyl (C=S) groups is 1. The Morgan fingerprint density at radius 2 is 1.52 bits per heavy atom. The van der Waals surface area contributed by atoms with Crippen molar-refractivity contribution in [1.82, 2.24) is 9.80 Å². The lowest BCUT2D eigenvalue weighted by molar-refractivity contribution is -0.138. The van der Waals surface area contributed by atoms with Crippen molar-refractivity contribution in [3.63, 3.8) is 0 Å². The Labute approximate surface area is 327 Å². The monoisotopic (exact) mass is 771 g/mol. The van der Waals surface area contributed by atoms with Crippen molar-refractivity contribution < 1.29 is 24.6 Å². The standard InChI is InChI=1S/C43H37N3O5S3/c47-38(48)20-21-45-41(51)40(54-43(45)52)42-44(26-39(49)50)25-32(53-42)22-28-16-19-37-35(24-28)33-12-7-13-36(33)46(37)31-17-14-27(15-18-31)23-34(29-8-3-1-4-9-29)30-10-5-2-6-11-30/h1-6,8-11,14-19,22-24,33,36H,7,12-13,20-21,25-26H2,(H,47,48)(H,49,50)/b32-22+,42-40-. The maximum absolute atomic E-state index is 13.3. The van der Waals surface area contributed by atoms with E-state index < -0.39 is 11.9 Å². The first-order valence-corrected chi connectivity index (χ1v) is 20.0. The third-order valence-electron chi connectivity index (χ3n) is 10.3. The van der Waals surface area contributed by atoms with E-state index in [1.807, 2.05) is 12.1 Å². The summed E-state index contributed by atoms with van der Waals surface area (Å²) >= 11 is 7.89. The zero-order valence-corrected chi connectivity index (χ0v) is 31.7. The lowest BCUT2D eigenvalue weighted by atomic mass is 9.95. The van der Waals surface area contributed by atoms with Crippen LogP contribution < -0.4 is 4.90 Å². The number of thioether (sulfide) groups is 2. The van der Waals surface area contributed by atoms with Gasteiger partial charge in [0.05, 0.1) is 18.0 Å². The highest BCUT2D eigenvalue weighted by molar-refractivity contribution is 8.27. The molecule has 1 amide bonds. The van der Waals surface area contributed by atoms with Crippen LogP contribution in [0.1, 0.15) is 59.4 Å². The second kappa shape index (κ2) is 15.3. The fourth-order valence-electron chi connectivity index (χ4n) is 7.92. The Hall–Kier alpha value is -5.10. The molecule has 2 unspecified atom stereocenters. The summed E-state index contributed by atoms with van der Waals surface area (Å²) < 4.78 is 0.279. The number of carbonyl (C=O) groups is 3. The zero-order valence-electron chi connectivity index (χ0n) is 29.3. The Morgan fingerprint density at radius 1 is 0.833 bits per heavy atom. The molecule has 0 aromatic heterocycles. The number of hydrogen-bond acceptors (Lipinski definition) is 8. The molecule has 8 rings (SSSR count). The Morgan fingerprint density at radius 3 is 2.19 bits per heavy atom. The molecular weight excluding hydrogens is 735 g/mol. The third kappa shape index (κ3) is 7.23. The molecule has 3 heterocycles. The summed E-state index contributed by atoms with van der Waals surface area (Å²) in [5.41, 5.74) is 9.43. The van der Waals surface area contributed by atoms with Crippen LogP contribution in [-0.2, 0) is 14.4 Å². The normalized spacial score (nSPS) is 21.2. The molecule has 0 spiro atoms. The smallest absolute Gasteiger partial charge is 0.323 e. The van der Waals surface area contributed by atoms with Gasteiger partial charge >= 0.3 is 11.9 Å². The van der Waals surface area contributed by atoms with Crippen molar-refractivity contribution in [3.8, 4) is 0 Å². The van der Waals surface area contributed by atoms with Gasteiger partial charge in [0.1, 0.15) is 15.8 Å². The van der Waals surface area contributed by atoms with Crippen molar-refractivity contribution in [1.29, 1.82) is 0 Å². The Balaban J connectivity index is 1.06. The number of carbonyl (C=O) groups excluding carboxylic acids is 1. The fraction of sp³-hybridized carbons (Fsp3) is 0.209. The molecule has 0 radical (unpaired) electrons. The van der Waals surface area contributed by atoms with E-state index in [4.69, 9.17) is 17.3 Å². The van der Waals surface area contributed by atoms with Gasteiger partial charge in [-0.25, -0.2) is 0 Å². The van der Waals surface area contributed by atoms with Crippen LogP contribution in [0.25, 0.3) is 17.7 Å². The van der Waals surface area contributed by atoms with Gasteiger partial charge in [0.15, 0.2) is 0 Å². The van der Waals surface area contributed by atoms with E-state index in [0.29, 0.717) is 28.4 Å².